The first-order valence-corrected chi connectivity index (χ1v) is 16.4. The highest BCUT2D eigenvalue weighted by molar-refractivity contribution is 7.89. The van der Waals surface area contributed by atoms with E-state index < -0.39 is 24.1 Å². The fraction of sp³-hybridized carbons (Fsp3) is 0.652. The van der Waals surface area contributed by atoms with Crippen molar-refractivity contribution in [2.75, 3.05) is 13.7 Å². The molecule has 1 aliphatic carbocycles. The SMILES string of the molecule is COC(=O)[C@H]1CC[C@H](N(C(C)C)S(=O)(=O)c2cccc(C(=O)OCC[Si](C)(C)C)c2)CC1. The zero-order valence-electron chi connectivity index (χ0n) is 20.1. The van der Waals surface area contributed by atoms with Gasteiger partial charge in [0.1, 0.15) is 0 Å². The van der Waals surface area contributed by atoms with Gasteiger partial charge in [-0.3, -0.25) is 4.79 Å². The van der Waals surface area contributed by atoms with Crippen LogP contribution < -0.4 is 0 Å². The van der Waals surface area contributed by atoms with Crippen LogP contribution in [-0.4, -0.2) is 58.5 Å². The zero-order chi connectivity index (χ0) is 24.1. The van der Waals surface area contributed by atoms with Gasteiger partial charge in [0.25, 0.3) is 0 Å². The van der Waals surface area contributed by atoms with Gasteiger partial charge in [0.2, 0.25) is 10.0 Å². The lowest BCUT2D eigenvalue weighted by Gasteiger charge is -2.37. The van der Waals surface area contributed by atoms with E-state index >= 15 is 0 Å². The van der Waals surface area contributed by atoms with Crippen molar-refractivity contribution in [1.82, 2.24) is 4.31 Å². The Morgan fingerprint density at radius 3 is 2.28 bits per heavy atom. The van der Waals surface area contributed by atoms with Gasteiger partial charge in [-0.2, -0.15) is 4.31 Å². The molecular weight excluding hydrogens is 446 g/mol. The monoisotopic (exact) mass is 483 g/mol. The van der Waals surface area contributed by atoms with Crippen molar-refractivity contribution in [3.8, 4) is 0 Å². The van der Waals surface area contributed by atoms with Gasteiger partial charge in [-0.1, -0.05) is 25.7 Å². The Hall–Kier alpha value is -1.71. The smallest absolute Gasteiger partial charge is 0.338 e. The van der Waals surface area contributed by atoms with Gasteiger partial charge in [0, 0.05) is 20.2 Å². The molecule has 1 aromatic carbocycles. The van der Waals surface area contributed by atoms with E-state index in [0.29, 0.717) is 32.3 Å². The summed E-state index contributed by atoms with van der Waals surface area (Å²) in [5, 5.41) is 0. The van der Waals surface area contributed by atoms with Crippen LogP contribution in [-0.2, 0) is 24.3 Å². The fourth-order valence-corrected chi connectivity index (χ4v) is 6.71. The van der Waals surface area contributed by atoms with Crippen LogP contribution in [0, 0.1) is 5.92 Å². The van der Waals surface area contributed by atoms with E-state index in [4.69, 9.17) is 9.47 Å². The van der Waals surface area contributed by atoms with Crippen LogP contribution in [0.3, 0.4) is 0 Å². The maximum Gasteiger partial charge on any atom is 0.338 e. The Labute approximate surface area is 193 Å². The van der Waals surface area contributed by atoms with Gasteiger partial charge in [0.15, 0.2) is 0 Å². The maximum absolute atomic E-state index is 13.6. The minimum absolute atomic E-state index is 0.0842. The third-order valence-electron chi connectivity index (χ3n) is 5.83. The second kappa shape index (κ2) is 10.9. The lowest BCUT2D eigenvalue weighted by molar-refractivity contribution is -0.146. The number of hydrogen-bond donors (Lipinski definition) is 0. The summed E-state index contributed by atoms with van der Waals surface area (Å²) in [5.74, 6) is -0.917. The molecule has 0 heterocycles. The van der Waals surface area contributed by atoms with Crippen molar-refractivity contribution in [1.29, 1.82) is 0 Å². The summed E-state index contributed by atoms with van der Waals surface area (Å²) in [5.41, 5.74) is 0.236. The van der Waals surface area contributed by atoms with Crippen molar-refractivity contribution in [2.45, 2.75) is 82.2 Å². The van der Waals surface area contributed by atoms with E-state index in [9.17, 15) is 18.0 Å². The lowest BCUT2D eigenvalue weighted by Crippen LogP contribution is -2.46. The third kappa shape index (κ3) is 6.89. The lowest BCUT2D eigenvalue weighted by atomic mass is 9.86. The van der Waals surface area contributed by atoms with Gasteiger partial charge < -0.3 is 9.47 Å². The third-order valence-corrected chi connectivity index (χ3v) is 9.66. The summed E-state index contributed by atoms with van der Waals surface area (Å²) in [6, 6.07) is 6.48. The standard InChI is InChI=1S/C23H37NO6SSi/c1-17(2)24(20-12-10-18(11-13-20)22(25)29-3)31(27,28)21-9-7-8-19(16-21)23(26)30-14-15-32(4,5)6/h7-9,16-18,20H,10-15H2,1-6H3/t18-,20-. The summed E-state index contributed by atoms with van der Waals surface area (Å²) >= 11 is 0. The number of carbonyl (C=O) groups excluding carboxylic acids is 2. The van der Waals surface area contributed by atoms with Crippen molar-refractivity contribution >= 4 is 30.0 Å². The molecule has 9 heteroatoms. The van der Waals surface area contributed by atoms with Crippen LogP contribution in [0.2, 0.25) is 25.7 Å². The highest BCUT2D eigenvalue weighted by Gasteiger charge is 2.37. The quantitative estimate of drug-likeness (QED) is 0.384. The summed E-state index contributed by atoms with van der Waals surface area (Å²) in [6.45, 7) is 10.6. The van der Waals surface area contributed by atoms with Crippen LogP contribution in [0.25, 0.3) is 0 Å². The average molecular weight is 484 g/mol. The highest BCUT2D eigenvalue weighted by atomic mass is 32.2. The maximum atomic E-state index is 13.6. The van der Waals surface area contributed by atoms with E-state index in [-0.39, 0.29) is 34.4 Å². The molecule has 0 N–H and O–H groups in total. The van der Waals surface area contributed by atoms with Gasteiger partial charge in [-0.25, -0.2) is 13.2 Å². The first-order valence-electron chi connectivity index (χ1n) is 11.3. The number of rotatable bonds is 9. The molecule has 7 nitrogen and oxygen atoms in total. The first-order chi connectivity index (χ1) is 14.9. The van der Waals surface area contributed by atoms with Gasteiger partial charge >= 0.3 is 11.9 Å². The molecule has 1 aliphatic rings. The molecule has 0 unspecified atom stereocenters. The number of sulfonamides is 1. The molecule has 0 atom stereocenters. The van der Waals surface area contributed by atoms with Crippen LogP contribution >= 0.6 is 0 Å². The van der Waals surface area contributed by atoms with E-state index in [0.717, 1.165) is 6.04 Å². The normalized spacial score (nSPS) is 19.8. The Bertz CT molecular complexity index is 901. The number of methoxy groups -OCH3 is 1. The predicted molar refractivity (Wildman–Crippen MR) is 127 cm³/mol. The second-order valence-electron chi connectivity index (χ2n) is 9.93. The van der Waals surface area contributed by atoms with Crippen LogP contribution in [0.15, 0.2) is 29.2 Å². The van der Waals surface area contributed by atoms with Crippen LogP contribution in [0.4, 0.5) is 0 Å². The summed E-state index contributed by atoms with van der Waals surface area (Å²) < 4.78 is 38.9. The number of ether oxygens (including phenoxy) is 2. The molecule has 0 aliphatic heterocycles. The first kappa shape index (κ1) is 26.5. The van der Waals surface area contributed by atoms with E-state index in [1.807, 2.05) is 13.8 Å². The van der Waals surface area contributed by atoms with Crippen molar-refractivity contribution in [3.63, 3.8) is 0 Å². The van der Waals surface area contributed by atoms with Gasteiger partial charge in [-0.15, -0.1) is 0 Å². The number of carbonyl (C=O) groups is 2. The Morgan fingerprint density at radius 2 is 1.75 bits per heavy atom. The summed E-state index contributed by atoms with van der Waals surface area (Å²) in [6.07, 6.45) is 2.38. The predicted octanol–water partition coefficient (Wildman–Crippen LogP) is 4.31. The van der Waals surface area contributed by atoms with Crippen molar-refractivity contribution in [3.05, 3.63) is 29.8 Å². The largest absolute Gasteiger partial charge is 0.469 e. The molecule has 180 valence electrons. The zero-order valence-corrected chi connectivity index (χ0v) is 21.9. The van der Waals surface area contributed by atoms with Crippen LogP contribution in [0.1, 0.15) is 49.9 Å². The Morgan fingerprint density at radius 1 is 1.12 bits per heavy atom. The van der Waals surface area contributed by atoms with Crippen molar-refractivity contribution in [2.24, 2.45) is 5.92 Å². The minimum Gasteiger partial charge on any atom is -0.469 e. The van der Waals surface area contributed by atoms with Crippen molar-refractivity contribution < 1.29 is 27.5 Å². The molecule has 0 bridgehead atoms. The molecule has 0 amide bonds. The molecule has 2 rings (SSSR count). The molecule has 1 aromatic rings. The van der Waals surface area contributed by atoms with E-state index in [1.54, 1.807) is 12.1 Å². The van der Waals surface area contributed by atoms with Crippen LogP contribution in [0.5, 0.6) is 0 Å². The number of benzene rings is 1. The highest BCUT2D eigenvalue weighted by Crippen LogP contribution is 2.33. The Kier molecular flexibility index (Phi) is 9.07. The molecule has 32 heavy (non-hydrogen) atoms. The number of hydrogen-bond acceptors (Lipinski definition) is 6. The number of nitrogens with zero attached hydrogens (tertiary/aromatic N) is 1. The summed E-state index contributed by atoms with van der Waals surface area (Å²) in [4.78, 5) is 24.4. The average Bonchev–Trinajstić information content (AvgIpc) is 2.72. The van der Waals surface area contributed by atoms with Gasteiger partial charge in [-0.05, 0) is 63.8 Å². The molecule has 0 saturated heterocycles. The second-order valence-corrected chi connectivity index (χ2v) is 17.4. The summed E-state index contributed by atoms with van der Waals surface area (Å²) in [7, 11) is -3.79. The molecule has 0 aromatic heterocycles. The molecule has 1 fully saturated rings. The fourth-order valence-electron chi connectivity index (χ4n) is 4.07. The topological polar surface area (TPSA) is 90.0 Å². The molecule has 0 spiro atoms. The van der Waals surface area contributed by atoms with Gasteiger partial charge in [0.05, 0.1) is 30.1 Å². The minimum atomic E-state index is -3.83. The number of esters is 2. The Balaban J connectivity index is 2.18. The molecule has 0 radical (unpaired) electrons. The van der Waals surface area contributed by atoms with E-state index in [1.165, 1.54) is 23.5 Å². The molecular formula is C23H37NO6SSi. The molecule has 1 saturated carbocycles. The van der Waals surface area contributed by atoms with E-state index in [2.05, 4.69) is 19.6 Å².